The van der Waals surface area contributed by atoms with Crippen LogP contribution in [-0.2, 0) is 23.0 Å². The summed E-state index contributed by atoms with van der Waals surface area (Å²) in [5.41, 5.74) is 3.23. The van der Waals surface area contributed by atoms with Crippen LogP contribution in [0, 0.1) is 13.8 Å². The topological polar surface area (TPSA) is 75.3 Å². The maximum atomic E-state index is 13.0. The lowest BCUT2D eigenvalue weighted by atomic mass is 10.1. The first kappa shape index (κ1) is 15.1. The van der Waals surface area contributed by atoms with E-state index in [9.17, 15) is 8.42 Å². The number of H-pyrrole nitrogens is 1. The molecule has 1 aliphatic rings. The molecule has 1 N–H and O–H groups in total. The van der Waals surface area contributed by atoms with E-state index in [2.05, 4.69) is 9.97 Å². The fourth-order valence-electron chi connectivity index (χ4n) is 2.96. The van der Waals surface area contributed by atoms with Crippen molar-refractivity contribution in [1.82, 2.24) is 14.3 Å². The van der Waals surface area contributed by atoms with Crippen LogP contribution in [0.3, 0.4) is 0 Å². The molecule has 0 aliphatic carbocycles. The Bertz CT molecular complexity index is 788. The monoisotopic (exact) mass is 321 g/mol. The Hall–Kier alpha value is -1.86. The van der Waals surface area contributed by atoms with Crippen molar-refractivity contribution in [3.05, 3.63) is 41.0 Å². The third-order valence-corrected chi connectivity index (χ3v) is 6.16. The molecule has 0 fully saturated rings. The first-order valence-corrected chi connectivity index (χ1v) is 8.54. The number of hydrogen-bond acceptors (Lipinski definition) is 4. The quantitative estimate of drug-likeness (QED) is 0.935. The number of nitrogens with one attached hydrogen (secondary N) is 1. The maximum absolute atomic E-state index is 13.0. The molecule has 0 atom stereocenters. The summed E-state index contributed by atoms with van der Waals surface area (Å²) in [5.74, 6) is 0.670. The highest BCUT2D eigenvalue weighted by molar-refractivity contribution is 7.89. The predicted octanol–water partition coefficient (Wildman–Crippen LogP) is 1.78. The SMILES string of the molecule is COc1cc(C)c(S(=O)(=O)N2CCc3nc[nH]c3C2)c(C)c1. The Kier molecular flexibility index (Phi) is 3.70. The average molecular weight is 321 g/mol. The van der Waals surface area contributed by atoms with Crippen LogP contribution >= 0.6 is 0 Å². The Balaban J connectivity index is 2.01. The van der Waals surface area contributed by atoms with Crippen LogP contribution in [-0.4, -0.2) is 36.3 Å². The summed E-state index contributed by atoms with van der Waals surface area (Å²) >= 11 is 0. The summed E-state index contributed by atoms with van der Waals surface area (Å²) in [7, 11) is -1.96. The zero-order chi connectivity index (χ0) is 15.9. The van der Waals surface area contributed by atoms with E-state index in [1.807, 2.05) is 0 Å². The third-order valence-electron chi connectivity index (χ3n) is 4.01. The molecule has 1 aliphatic heterocycles. The molecule has 0 bridgehead atoms. The van der Waals surface area contributed by atoms with Gasteiger partial charge in [-0.05, 0) is 37.1 Å². The van der Waals surface area contributed by atoms with Crippen molar-refractivity contribution in [3.8, 4) is 5.75 Å². The number of sulfonamides is 1. The highest BCUT2D eigenvalue weighted by Crippen LogP contribution is 2.30. The number of aromatic nitrogens is 2. The van der Waals surface area contributed by atoms with Gasteiger partial charge in [0.1, 0.15) is 5.75 Å². The Morgan fingerprint density at radius 2 is 1.95 bits per heavy atom. The highest BCUT2D eigenvalue weighted by Gasteiger charge is 2.31. The van der Waals surface area contributed by atoms with E-state index in [4.69, 9.17) is 4.74 Å². The van der Waals surface area contributed by atoms with Crippen LogP contribution in [0.25, 0.3) is 0 Å². The molecule has 0 saturated heterocycles. The van der Waals surface area contributed by atoms with Crippen molar-refractivity contribution in [2.24, 2.45) is 0 Å². The molecule has 118 valence electrons. The number of aromatic amines is 1. The summed E-state index contributed by atoms with van der Waals surface area (Å²) < 4.78 is 32.7. The average Bonchev–Trinajstić information content (AvgIpc) is 2.93. The van der Waals surface area contributed by atoms with Gasteiger partial charge in [-0.3, -0.25) is 0 Å². The number of methoxy groups -OCH3 is 1. The first-order valence-electron chi connectivity index (χ1n) is 7.10. The molecule has 0 saturated carbocycles. The van der Waals surface area contributed by atoms with Crippen LogP contribution in [0.2, 0.25) is 0 Å². The summed E-state index contributed by atoms with van der Waals surface area (Å²) in [6, 6.07) is 3.51. The van der Waals surface area contributed by atoms with Crippen LogP contribution in [0.15, 0.2) is 23.4 Å². The summed E-state index contributed by atoms with van der Waals surface area (Å²) in [5, 5.41) is 0. The van der Waals surface area contributed by atoms with Gasteiger partial charge in [-0.1, -0.05) is 0 Å². The van der Waals surface area contributed by atoms with Crippen LogP contribution < -0.4 is 4.74 Å². The van der Waals surface area contributed by atoms with Gasteiger partial charge in [0.25, 0.3) is 0 Å². The van der Waals surface area contributed by atoms with E-state index in [1.165, 1.54) is 4.31 Å². The van der Waals surface area contributed by atoms with E-state index in [0.29, 0.717) is 41.3 Å². The number of imidazole rings is 1. The molecule has 1 aromatic heterocycles. The Morgan fingerprint density at radius 1 is 1.27 bits per heavy atom. The molecule has 0 unspecified atom stereocenters. The number of ether oxygens (including phenoxy) is 1. The number of nitrogens with zero attached hydrogens (tertiary/aromatic N) is 2. The normalized spacial score (nSPS) is 15.6. The van der Waals surface area contributed by atoms with E-state index in [0.717, 1.165) is 11.4 Å². The zero-order valence-electron chi connectivity index (χ0n) is 12.9. The Morgan fingerprint density at radius 3 is 2.59 bits per heavy atom. The van der Waals surface area contributed by atoms with E-state index < -0.39 is 10.0 Å². The van der Waals surface area contributed by atoms with E-state index in [1.54, 1.807) is 39.4 Å². The van der Waals surface area contributed by atoms with E-state index in [-0.39, 0.29) is 0 Å². The first-order chi connectivity index (χ1) is 10.4. The zero-order valence-corrected chi connectivity index (χ0v) is 13.7. The van der Waals surface area contributed by atoms with Gasteiger partial charge < -0.3 is 9.72 Å². The van der Waals surface area contributed by atoms with Gasteiger partial charge in [-0.15, -0.1) is 0 Å². The molecule has 6 nitrogen and oxygen atoms in total. The number of benzene rings is 1. The van der Waals surface area contributed by atoms with Crippen molar-refractivity contribution in [1.29, 1.82) is 0 Å². The fraction of sp³-hybridized carbons (Fsp3) is 0.400. The minimum atomic E-state index is -3.54. The molecular formula is C15H19N3O3S. The molecule has 0 radical (unpaired) electrons. The van der Waals surface area contributed by atoms with Gasteiger partial charge in [-0.25, -0.2) is 13.4 Å². The van der Waals surface area contributed by atoms with Crippen LogP contribution in [0.1, 0.15) is 22.5 Å². The van der Waals surface area contributed by atoms with E-state index >= 15 is 0 Å². The lowest BCUT2D eigenvalue weighted by molar-refractivity contribution is 0.384. The maximum Gasteiger partial charge on any atom is 0.243 e. The minimum Gasteiger partial charge on any atom is -0.497 e. The predicted molar refractivity (Wildman–Crippen MR) is 82.4 cm³/mol. The summed E-state index contributed by atoms with van der Waals surface area (Å²) in [6.07, 6.45) is 2.25. The summed E-state index contributed by atoms with van der Waals surface area (Å²) in [6.45, 7) is 4.38. The van der Waals surface area contributed by atoms with Gasteiger partial charge in [0.2, 0.25) is 10.0 Å². The summed E-state index contributed by atoms with van der Waals surface area (Å²) in [4.78, 5) is 7.60. The second-order valence-corrected chi connectivity index (χ2v) is 7.38. The van der Waals surface area contributed by atoms with Gasteiger partial charge in [0.15, 0.2) is 0 Å². The van der Waals surface area contributed by atoms with Crippen molar-refractivity contribution in [3.63, 3.8) is 0 Å². The van der Waals surface area contributed by atoms with Crippen molar-refractivity contribution < 1.29 is 13.2 Å². The molecule has 3 rings (SSSR count). The molecule has 22 heavy (non-hydrogen) atoms. The van der Waals surface area contributed by atoms with Crippen LogP contribution in [0.4, 0.5) is 0 Å². The number of rotatable bonds is 3. The number of hydrogen-bond donors (Lipinski definition) is 1. The van der Waals surface area contributed by atoms with Gasteiger partial charge in [-0.2, -0.15) is 4.31 Å². The highest BCUT2D eigenvalue weighted by atomic mass is 32.2. The lowest BCUT2D eigenvalue weighted by Gasteiger charge is -2.27. The molecule has 0 spiro atoms. The van der Waals surface area contributed by atoms with Gasteiger partial charge in [0, 0.05) is 13.0 Å². The lowest BCUT2D eigenvalue weighted by Crippen LogP contribution is -2.36. The molecule has 1 aromatic carbocycles. The molecule has 7 heteroatoms. The molecule has 2 aromatic rings. The Labute approximate surface area is 130 Å². The minimum absolute atomic E-state index is 0.336. The van der Waals surface area contributed by atoms with Crippen LogP contribution in [0.5, 0.6) is 5.75 Å². The second kappa shape index (κ2) is 5.40. The smallest absolute Gasteiger partial charge is 0.243 e. The standard InChI is InChI=1S/C15H19N3O3S/c1-10-6-12(21-3)7-11(2)15(10)22(19,20)18-5-4-13-14(8-18)17-9-16-13/h6-7,9H,4-5,8H2,1-3H3,(H,16,17). The van der Waals surface area contributed by atoms with Crippen molar-refractivity contribution in [2.45, 2.75) is 31.7 Å². The van der Waals surface area contributed by atoms with Crippen molar-refractivity contribution >= 4 is 10.0 Å². The second-order valence-electron chi connectivity index (χ2n) is 5.51. The van der Waals surface area contributed by atoms with Crippen molar-refractivity contribution in [2.75, 3.05) is 13.7 Å². The largest absolute Gasteiger partial charge is 0.497 e. The third kappa shape index (κ3) is 2.40. The van der Waals surface area contributed by atoms with Gasteiger partial charge >= 0.3 is 0 Å². The fourth-order valence-corrected chi connectivity index (χ4v) is 4.78. The van der Waals surface area contributed by atoms with Gasteiger partial charge in [0.05, 0.1) is 36.3 Å². The molecular weight excluding hydrogens is 302 g/mol. The number of aryl methyl sites for hydroxylation is 2. The number of fused-ring (bicyclic) bond motifs is 1. The molecule has 0 amide bonds. The molecule has 2 heterocycles.